The van der Waals surface area contributed by atoms with Crippen LogP contribution in [-0.4, -0.2) is 43.2 Å². The number of aliphatic hydroxyl groups is 1. The molecule has 2 aromatic carbocycles. The van der Waals surface area contributed by atoms with Crippen molar-refractivity contribution >= 4 is 27.4 Å². The highest BCUT2D eigenvalue weighted by Gasteiger charge is 2.12. The van der Waals surface area contributed by atoms with E-state index in [1.807, 2.05) is 12.1 Å². The van der Waals surface area contributed by atoms with Gasteiger partial charge in [-0.1, -0.05) is 49.4 Å². The first kappa shape index (κ1) is 21.3. The minimum absolute atomic E-state index is 0.411. The fourth-order valence-corrected chi connectivity index (χ4v) is 4.18. The number of benzene rings is 2. The molecule has 0 bridgehead atoms. The second kappa shape index (κ2) is 10.4. The lowest BCUT2D eigenvalue weighted by atomic mass is 10.1. The fraction of sp³-hybridized carbons (Fsp3) is 0.348. The van der Waals surface area contributed by atoms with Gasteiger partial charge in [-0.2, -0.15) is 0 Å². The van der Waals surface area contributed by atoms with Crippen molar-refractivity contribution in [3.05, 3.63) is 70.6 Å². The number of thiophene rings is 1. The van der Waals surface area contributed by atoms with Crippen molar-refractivity contribution in [1.82, 2.24) is 15.5 Å². The molecule has 1 atom stereocenters. The summed E-state index contributed by atoms with van der Waals surface area (Å²) in [5.41, 5.74) is 2.51. The maximum absolute atomic E-state index is 10.6. The quantitative estimate of drug-likeness (QED) is 0.391. The molecule has 5 nitrogen and oxygen atoms in total. The van der Waals surface area contributed by atoms with Crippen molar-refractivity contribution in [2.45, 2.75) is 26.1 Å². The third-order valence-electron chi connectivity index (χ3n) is 4.90. The predicted molar refractivity (Wildman–Crippen MR) is 123 cm³/mol. The van der Waals surface area contributed by atoms with E-state index in [1.165, 1.54) is 21.2 Å². The number of aliphatic hydroxyl groups excluding tert-OH is 1. The summed E-state index contributed by atoms with van der Waals surface area (Å²) < 4.78 is 1.19. The zero-order valence-corrected chi connectivity index (χ0v) is 18.2. The van der Waals surface area contributed by atoms with E-state index in [9.17, 15) is 5.11 Å². The van der Waals surface area contributed by atoms with Gasteiger partial charge in [0.05, 0.1) is 0 Å². The molecule has 1 aromatic heterocycles. The number of nitrogens with zero attached hydrogens (tertiary/aromatic N) is 2. The van der Waals surface area contributed by atoms with Crippen LogP contribution in [0, 0.1) is 0 Å². The van der Waals surface area contributed by atoms with Crippen LogP contribution in [0.5, 0.6) is 0 Å². The fourth-order valence-electron chi connectivity index (χ4n) is 3.13. The van der Waals surface area contributed by atoms with E-state index in [-0.39, 0.29) is 0 Å². The van der Waals surface area contributed by atoms with Gasteiger partial charge in [0.2, 0.25) is 0 Å². The Morgan fingerprint density at radius 3 is 2.66 bits per heavy atom. The monoisotopic (exact) mass is 410 g/mol. The predicted octanol–water partition coefficient (Wildman–Crippen LogP) is 3.75. The Labute approximate surface area is 177 Å². The minimum atomic E-state index is -0.571. The first-order chi connectivity index (χ1) is 14.1. The van der Waals surface area contributed by atoms with Crippen LogP contribution in [0.3, 0.4) is 0 Å². The normalized spacial score (nSPS) is 13.1. The number of hydrogen-bond donors (Lipinski definition) is 3. The van der Waals surface area contributed by atoms with E-state index in [1.54, 1.807) is 18.4 Å². The van der Waals surface area contributed by atoms with Crippen molar-refractivity contribution in [2.24, 2.45) is 4.99 Å². The molecule has 0 aliphatic rings. The molecule has 154 valence electrons. The van der Waals surface area contributed by atoms with E-state index in [0.717, 1.165) is 18.0 Å². The number of fused-ring (bicyclic) bond motifs is 1. The van der Waals surface area contributed by atoms with Gasteiger partial charge in [-0.05, 0) is 42.2 Å². The van der Waals surface area contributed by atoms with Crippen molar-refractivity contribution in [1.29, 1.82) is 0 Å². The molecular formula is C23H30N4OS. The number of rotatable bonds is 8. The lowest BCUT2D eigenvalue weighted by Crippen LogP contribution is -2.38. The molecule has 0 fully saturated rings. The van der Waals surface area contributed by atoms with E-state index in [0.29, 0.717) is 19.0 Å². The first-order valence-corrected chi connectivity index (χ1v) is 10.8. The number of nitrogens with one attached hydrogen (secondary N) is 2. The smallest absolute Gasteiger partial charge is 0.191 e. The summed E-state index contributed by atoms with van der Waals surface area (Å²) in [6.45, 7) is 5.23. The highest BCUT2D eigenvalue weighted by atomic mass is 32.1. The van der Waals surface area contributed by atoms with Gasteiger partial charge < -0.3 is 20.6 Å². The molecular weight excluding hydrogens is 380 g/mol. The molecule has 6 heteroatoms. The van der Waals surface area contributed by atoms with Crippen LogP contribution in [-0.2, 0) is 13.1 Å². The summed E-state index contributed by atoms with van der Waals surface area (Å²) in [7, 11) is 3.87. The lowest BCUT2D eigenvalue weighted by Gasteiger charge is -2.16. The van der Waals surface area contributed by atoms with E-state index in [4.69, 9.17) is 0 Å². The van der Waals surface area contributed by atoms with Crippen molar-refractivity contribution in [3.8, 4) is 0 Å². The Hall–Kier alpha value is -2.41. The van der Waals surface area contributed by atoms with E-state index < -0.39 is 6.10 Å². The average molecular weight is 411 g/mol. The Balaban J connectivity index is 1.52. The minimum Gasteiger partial charge on any atom is -0.386 e. The number of guanidine groups is 1. The summed E-state index contributed by atoms with van der Waals surface area (Å²) >= 11 is 1.63. The molecule has 0 saturated carbocycles. The third kappa shape index (κ3) is 6.03. The topological polar surface area (TPSA) is 59.9 Å². The average Bonchev–Trinajstić information content (AvgIpc) is 3.18. The van der Waals surface area contributed by atoms with Gasteiger partial charge in [0.25, 0.3) is 0 Å². The van der Waals surface area contributed by atoms with Gasteiger partial charge in [-0.25, -0.2) is 0 Å². The largest absolute Gasteiger partial charge is 0.386 e. The molecule has 0 saturated heterocycles. The summed E-state index contributed by atoms with van der Waals surface area (Å²) in [4.78, 5) is 7.51. The molecule has 1 unspecified atom stereocenters. The SMILES string of the molecule is CCN(C)Cc1cccc(CNC(=NC)NCC(O)c2cc3ccccc3s2)c1. The highest BCUT2D eigenvalue weighted by molar-refractivity contribution is 7.19. The summed E-state index contributed by atoms with van der Waals surface area (Å²) in [6, 6.07) is 18.8. The van der Waals surface area contributed by atoms with Gasteiger partial charge in [-0.15, -0.1) is 11.3 Å². The van der Waals surface area contributed by atoms with Crippen LogP contribution in [0.1, 0.15) is 29.0 Å². The maximum atomic E-state index is 10.6. The van der Waals surface area contributed by atoms with Gasteiger partial charge in [0.1, 0.15) is 6.10 Å². The molecule has 0 spiro atoms. The van der Waals surface area contributed by atoms with Crippen molar-refractivity contribution < 1.29 is 5.11 Å². The van der Waals surface area contributed by atoms with E-state index >= 15 is 0 Å². The molecule has 3 N–H and O–H groups in total. The van der Waals surface area contributed by atoms with Gasteiger partial charge in [0, 0.05) is 36.3 Å². The second-order valence-corrected chi connectivity index (χ2v) is 8.27. The summed E-state index contributed by atoms with van der Waals surface area (Å²) in [6.07, 6.45) is -0.571. The second-order valence-electron chi connectivity index (χ2n) is 7.16. The van der Waals surface area contributed by atoms with Gasteiger partial charge in [-0.3, -0.25) is 4.99 Å². The molecule has 1 heterocycles. The van der Waals surface area contributed by atoms with Crippen LogP contribution < -0.4 is 10.6 Å². The number of hydrogen-bond acceptors (Lipinski definition) is 4. The van der Waals surface area contributed by atoms with Crippen molar-refractivity contribution in [3.63, 3.8) is 0 Å². The molecule has 29 heavy (non-hydrogen) atoms. The van der Waals surface area contributed by atoms with Crippen LogP contribution in [0.2, 0.25) is 0 Å². The van der Waals surface area contributed by atoms with Crippen LogP contribution in [0.15, 0.2) is 59.6 Å². The van der Waals surface area contributed by atoms with Gasteiger partial charge in [0.15, 0.2) is 5.96 Å². The molecule has 0 radical (unpaired) electrons. The van der Waals surface area contributed by atoms with Crippen LogP contribution in [0.4, 0.5) is 0 Å². The van der Waals surface area contributed by atoms with Crippen LogP contribution >= 0.6 is 11.3 Å². The molecule has 0 aliphatic carbocycles. The zero-order chi connectivity index (χ0) is 20.6. The highest BCUT2D eigenvalue weighted by Crippen LogP contribution is 2.29. The van der Waals surface area contributed by atoms with E-state index in [2.05, 4.69) is 77.0 Å². The molecule has 3 aromatic rings. The molecule has 0 amide bonds. The zero-order valence-electron chi connectivity index (χ0n) is 17.4. The van der Waals surface area contributed by atoms with Crippen LogP contribution in [0.25, 0.3) is 10.1 Å². The van der Waals surface area contributed by atoms with Crippen molar-refractivity contribution in [2.75, 3.05) is 27.2 Å². The Bertz CT molecular complexity index is 920. The summed E-state index contributed by atoms with van der Waals surface area (Å²) in [5.74, 6) is 0.682. The molecule has 0 aliphatic heterocycles. The summed E-state index contributed by atoms with van der Waals surface area (Å²) in [5, 5.41) is 18.3. The third-order valence-corrected chi connectivity index (χ3v) is 6.12. The first-order valence-electron chi connectivity index (χ1n) is 9.96. The maximum Gasteiger partial charge on any atom is 0.191 e. The standard InChI is InChI=1S/C23H30N4OS/c1-4-27(3)16-18-9-7-8-17(12-18)14-25-23(24-2)26-15-20(28)22-13-19-10-5-6-11-21(19)29-22/h5-13,20,28H,4,14-16H2,1-3H3,(H2,24,25,26). The molecule has 3 rings (SSSR count). The Kier molecular flexibility index (Phi) is 7.63. The lowest BCUT2D eigenvalue weighted by molar-refractivity contribution is 0.184. The Morgan fingerprint density at radius 2 is 1.90 bits per heavy atom. The Morgan fingerprint density at radius 1 is 1.10 bits per heavy atom. The number of aliphatic imine (C=N–C) groups is 1. The van der Waals surface area contributed by atoms with Gasteiger partial charge >= 0.3 is 0 Å².